The smallest absolute Gasteiger partial charge is 0.278 e. The second-order valence-electron chi connectivity index (χ2n) is 3.50. The molecule has 18 heavy (non-hydrogen) atoms. The van der Waals surface area contributed by atoms with Gasteiger partial charge in [0.05, 0.1) is 12.4 Å². The highest BCUT2D eigenvalue weighted by Gasteiger charge is 2.14. The second-order valence-corrected chi connectivity index (χ2v) is 3.50. The monoisotopic (exact) mass is 244 g/mol. The minimum atomic E-state index is -0.253. The number of hydrazine groups is 1. The Bertz CT molecular complexity index is 527. The van der Waals surface area contributed by atoms with Crippen LogP contribution in [0.25, 0.3) is 0 Å². The van der Waals surface area contributed by atoms with Gasteiger partial charge in [-0.15, -0.1) is 0 Å². The molecule has 2 rings (SSSR count). The lowest BCUT2D eigenvalue weighted by atomic mass is 10.3. The van der Waals surface area contributed by atoms with Gasteiger partial charge in [0.1, 0.15) is 5.69 Å². The average Bonchev–Trinajstić information content (AvgIpc) is 2.47. The molecule has 0 aliphatic rings. The maximum absolute atomic E-state index is 12.1. The lowest BCUT2D eigenvalue weighted by Crippen LogP contribution is -2.27. The largest absolute Gasteiger partial charge is 0.310 e. The number of carbonyl (C=O) groups excluding carboxylic acids is 1. The molecule has 0 aliphatic carbocycles. The van der Waals surface area contributed by atoms with Crippen LogP contribution < -0.4 is 16.2 Å². The lowest BCUT2D eigenvalue weighted by molar-refractivity contribution is 0.0988. The van der Waals surface area contributed by atoms with Gasteiger partial charge in [-0.1, -0.05) is 0 Å². The maximum Gasteiger partial charge on any atom is 0.278 e. The van der Waals surface area contributed by atoms with Crippen LogP contribution in [0.5, 0.6) is 0 Å². The van der Waals surface area contributed by atoms with Crippen LogP contribution in [0.2, 0.25) is 0 Å². The number of nitrogens with two attached hydrogens (primary N) is 1. The summed E-state index contributed by atoms with van der Waals surface area (Å²) in [4.78, 5) is 25.4. The zero-order valence-electron chi connectivity index (χ0n) is 9.74. The van der Waals surface area contributed by atoms with Crippen LogP contribution in [0.1, 0.15) is 10.5 Å². The first-order chi connectivity index (χ1) is 8.72. The number of anilines is 2. The van der Waals surface area contributed by atoms with Crippen LogP contribution in [0.3, 0.4) is 0 Å². The fourth-order valence-electron chi connectivity index (χ4n) is 1.37. The summed E-state index contributed by atoms with van der Waals surface area (Å²) in [5, 5.41) is 0. The van der Waals surface area contributed by atoms with Gasteiger partial charge in [-0.05, 0) is 12.1 Å². The molecule has 7 nitrogen and oxygen atoms in total. The number of nitrogen functional groups attached to an aromatic ring is 1. The van der Waals surface area contributed by atoms with E-state index in [0.29, 0.717) is 5.82 Å². The van der Waals surface area contributed by atoms with Crippen molar-refractivity contribution < 1.29 is 4.79 Å². The van der Waals surface area contributed by atoms with Crippen LogP contribution in [-0.2, 0) is 0 Å². The topological polar surface area (TPSA) is 97.0 Å². The summed E-state index contributed by atoms with van der Waals surface area (Å²) in [7, 11) is 1.66. The molecule has 0 saturated carbocycles. The van der Waals surface area contributed by atoms with Crippen molar-refractivity contribution in [2.45, 2.75) is 0 Å². The summed E-state index contributed by atoms with van der Waals surface area (Å²) >= 11 is 0. The van der Waals surface area contributed by atoms with Gasteiger partial charge < -0.3 is 10.3 Å². The Morgan fingerprint density at radius 2 is 2.00 bits per heavy atom. The molecule has 2 heterocycles. The highest BCUT2D eigenvalue weighted by Crippen LogP contribution is 2.12. The summed E-state index contributed by atoms with van der Waals surface area (Å²) in [6, 6.07) is 3.47. The Balaban J connectivity index is 2.20. The van der Waals surface area contributed by atoms with E-state index in [0.717, 1.165) is 5.69 Å². The highest BCUT2D eigenvalue weighted by atomic mass is 16.2. The van der Waals surface area contributed by atoms with E-state index in [1.807, 2.05) is 0 Å². The predicted molar refractivity (Wildman–Crippen MR) is 66.8 cm³/mol. The van der Waals surface area contributed by atoms with Gasteiger partial charge >= 0.3 is 0 Å². The predicted octanol–water partition coefficient (Wildman–Crippen LogP) is 0.434. The van der Waals surface area contributed by atoms with Crippen molar-refractivity contribution >= 4 is 17.4 Å². The molecule has 2 aromatic heterocycles. The van der Waals surface area contributed by atoms with Crippen molar-refractivity contribution in [2.24, 2.45) is 5.84 Å². The van der Waals surface area contributed by atoms with Gasteiger partial charge in [-0.25, -0.2) is 15.8 Å². The van der Waals surface area contributed by atoms with E-state index in [9.17, 15) is 4.79 Å². The van der Waals surface area contributed by atoms with Crippen molar-refractivity contribution in [3.8, 4) is 0 Å². The zero-order valence-corrected chi connectivity index (χ0v) is 9.74. The Kier molecular flexibility index (Phi) is 3.44. The lowest BCUT2D eigenvalue weighted by Gasteiger charge is -2.16. The van der Waals surface area contributed by atoms with Gasteiger partial charge in [0.25, 0.3) is 5.91 Å². The van der Waals surface area contributed by atoms with E-state index in [2.05, 4.69) is 20.4 Å². The van der Waals surface area contributed by atoms with Gasteiger partial charge in [-0.3, -0.25) is 9.78 Å². The van der Waals surface area contributed by atoms with Gasteiger partial charge in [0.2, 0.25) is 0 Å². The number of hydrogen-bond acceptors (Lipinski definition) is 6. The molecule has 3 N–H and O–H groups in total. The Hall–Kier alpha value is -2.54. The van der Waals surface area contributed by atoms with E-state index in [-0.39, 0.29) is 11.6 Å². The minimum Gasteiger partial charge on any atom is -0.310 e. The number of carbonyl (C=O) groups is 1. The van der Waals surface area contributed by atoms with E-state index >= 15 is 0 Å². The highest BCUT2D eigenvalue weighted by molar-refractivity contribution is 6.04. The molecule has 0 atom stereocenters. The van der Waals surface area contributed by atoms with E-state index in [1.54, 1.807) is 31.6 Å². The number of rotatable bonds is 3. The summed E-state index contributed by atoms with van der Waals surface area (Å²) in [5.41, 5.74) is 3.33. The van der Waals surface area contributed by atoms with Crippen molar-refractivity contribution in [1.29, 1.82) is 0 Å². The molecule has 7 heteroatoms. The summed E-state index contributed by atoms with van der Waals surface area (Å²) < 4.78 is 0. The third-order valence-electron chi connectivity index (χ3n) is 2.37. The fraction of sp³-hybridized carbons (Fsp3) is 0.0909. The van der Waals surface area contributed by atoms with Gasteiger partial charge in [-0.2, -0.15) is 0 Å². The standard InChI is InChI=1S/C11H12N6O/c1-17(8-2-4-13-5-3-8)11(18)9-6-15-10(16-12)7-14-9/h2-7H,12H2,1H3,(H,15,16). The second kappa shape index (κ2) is 5.19. The van der Waals surface area contributed by atoms with Crippen LogP contribution >= 0.6 is 0 Å². The summed E-state index contributed by atoms with van der Waals surface area (Å²) in [6.07, 6.45) is 6.00. The molecule has 0 saturated heterocycles. The van der Waals surface area contributed by atoms with Crippen LogP contribution in [0.4, 0.5) is 11.5 Å². The van der Waals surface area contributed by atoms with Crippen molar-refractivity contribution in [3.63, 3.8) is 0 Å². The number of amides is 1. The third kappa shape index (κ3) is 2.41. The molecule has 0 fully saturated rings. The SMILES string of the molecule is CN(C(=O)c1cnc(NN)cn1)c1ccncc1. The van der Waals surface area contributed by atoms with Crippen LogP contribution in [-0.4, -0.2) is 27.9 Å². The van der Waals surface area contributed by atoms with Crippen molar-refractivity contribution in [3.05, 3.63) is 42.6 Å². The third-order valence-corrected chi connectivity index (χ3v) is 2.37. The molecule has 2 aromatic rings. The first-order valence-electron chi connectivity index (χ1n) is 5.19. The number of pyridine rings is 1. The Labute approximate surface area is 104 Å². The summed E-state index contributed by atoms with van der Waals surface area (Å²) in [5.74, 6) is 5.32. The van der Waals surface area contributed by atoms with Crippen molar-refractivity contribution in [1.82, 2.24) is 15.0 Å². The molecule has 92 valence electrons. The molecule has 0 spiro atoms. The Morgan fingerprint density at radius 3 is 2.56 bits per heavy atom. The summed E-state index contributed by atoms with van der Waals surface area (Å²) in [6.45, 7) is 0. The molecule has 0 unspecified atom stereocenters. The molecular weight excluding hydrogens is 232 g/mol. The maximum atomic E-state index is 12.1. The number of nitrogens with one attached hydrogen (secondary N) is 1. The van der Waals surface area contributed by atoms with E-state index < -0.39 is 0 Å². The van der Waals surface area contributed by atoms with Crippen LogP contribution in [0.15, 0.2) is 36.9 Å². The normalized spacial score (nSPS) is 9.89. The quantitative estimate of drug-likeness (QED) is 0.600. The number of nitrogens with zero attached hydrogens (tertiary/aromatic N) is 4. The van der Waals surface area contributed by atoms with E-state index in [1.165, 1.54) is 17.3 Å². The minimum absolute atomic E-state index is 0.244. The first kappa shape index (κ1) is 11.9. The zero-order chi connectivity index (χ0) is 13.0. The van der Waals surface area contributed by atoms with Gasteiger partial charge in [0, 0.05) is 25.1 Å². The van der Waals surface area contributed by atoms with E-state index in [4.69, 9.17) is 5.84 Å². The molecule has 0 aromatic carbocycles. The van der Waals surface area contributed by atoms with Crippen LogP contribution in [0, 0.1) is 0 Å². The molecule has 0 aliphatic heterocycles. The first-order valence-corrected chi connectivity index (χ1v) is 5.19. The molecule has 0 radical (unpaired) electrons. The molecule has 0 bridgehead atoms. The van der Waals surface area contributed by atoms with Gasteiger partial charge in [0.15, 0.2) is 5.82 Å². The number of aromatic nitrogens is 3. The average molecular weight is 244 g/mol. The Morgan fingerprint density at radius 1 is 1.28 bits per heavy atom. The fourth-order valence-corrected chi connectivity index (χ4v) is 1.37. The molecule has 1 amide bonds. The molecular formula is C11H12N6O. The van der Waals surface area contributed by atoms with Crippen molar-refractivity contribution in [2.75, 3.05) is 17.4 Å². The number of hydrogen-bond donors (Lipinski definition) is 2.